The van der Waals surface area contributed by atoms with Crippen LogP contribution < -0.4 is 42.5 Å². The standard InChI is InChI=1S/C47H60N10O8S2/c1-26(30-14-9-7-10-15-30)50-43(62)37-21-34-23-56(37)46(64)36(54-39(58)28(3)48-5)25-66-67-45(55-40(59)29(4)49-6)47(65)57-24-35(53-42(61)33-19-13-18-32(20-33)41(60)52-34)22-38(57)44(63)51-27(2)31-16-11-8-12-17-31/h7-20,26-29,34-38,45,48-49H,21-25H2,1-6H3,(H,50,62)(H,51,63)(H,52,60)(H,53,61)(H,54,58)(H,55,59)/t26-,27-,28+,29+,34+,35+,36+,37+,38+,45+/m1/s1. The van der Waals surface area contributed by atoms with E-state index in [4.69, 9.17) is 0 Å². The van der Waals surface area contributed by atoms with Gasteiger partial charge in [0.2, 0.25) is 29.5 Å². The zero-order valence-electron chi connectivity index (χ0n) is 38.4. The Morgan fingerprint density at radius 3 is 1.52 bits per heavy atom. The third-order valence-electron chi connectivity index (χ3n) is 12.3. The van der Waals surface area contributed by atoms with E-state index in [2.05, 4.69) is 42.5 Å². The molecular formula is C47H60N10O8S2. The maximum Gasteiger partial charge on any atom is 0.257 e. The maximum absolute atomic E-state index is 14.9. The Labute approximate surface area is 398 Å². The van der Waals surface area contributed by atoms with Crippen molar-refractivity contribution in [2.24, 2.45) is 0 Å². The van der Waals surface area contributed by atoms with Crippen LogP contribution in [0.2, 0.25) is 0 Å². The predicted molar refractivity (Wildman–Crippen MR) is 256 cm³/mol. The third kappa shape index (κ3) is 12.7. The molecule has 2 saturated heterocycles. The molecule has 0 saturated carbocycles. The van der Waals surface area contributed by atoms with Crippen LogP contribution in [-0.2, 0) is 28.8 Å². The van der Waals surface area contributed by atoms with Crippen LogP contribution in [-0.4, -0.2) is 138 Å². The van der Waals surface area contributed by atoms with E-state index < -0.39 is 107 Å². The molecule has 20 heteroatoms. The van der Waals surface area contributed by atoms with Crippen molar-refractivity contribution in [3.63, 3.8) is 0 Å². The largest absolute Gasteiger partial charge is 0.348 e. The number of rotatable bonds is 12. The average Bonchev–Trinajstić information content (AvgIpc) is 3.97. The molecule has 18 nitrogen and oxygen atoms in total. The lowest BCUT2D eigenvalue weighted by molar-refractivity contribution is -0.141. The SMILES string of the molecule is CN[C@@H](C)C(=O)N[C@H]1CSS[C@H](NC(=O)[C@H](C)NC)C(=O)N2C[C@H](C[C@H]2C(=O)N[C@H](C)c2ccccc2)NC(=O)c2cccc(c2)C(=O)N[C@H]2C[C@@H](C(=O)N[C@H](C)c3ccccc3)N(C2)C1=O. The van der Waals surface area contributed by atoms with Gasteiger partial charge in [0.15, 0.2) is 5.37 Å². The molecule has 6 rings (SSSR count). The van der Waals surface area contributed by atoms with E-state index in [-0.39, 0.29) is 42.8 Å². The third-order valence-corrected chi connectivity index (χ3v) is 14.8. The number of hydrogen-bond acceptors (Lipinski definition) is 12. The summed E-state index contributed by atoms with van der Waals surface area (Å²) in [5.74, 6) is -4.41. The van der Waals surface area contributed by atoms with Crippen molar-refractivity contribution in [2.45, 2.75) is 100 Å². The van der Waals surface area contributed by atoms with Gasteiger partial charge in [-0.25, -0.2) is 0 Å². The fourth-order valence-corrected chi connectivity index (χ4v) is 10.5. The van der Waals surface area contributed by atoms with Crippen LogP contribution in [0.1, 0.15) is 84.5 Å². The van der Waals surface area contributed by atoms with E-state index in [9.17, 15) is 38.4 Å². The second-order valence-electron chi connectivity index (χ2n) is 17.0. The number of benzene rings is 3. The lowest BCUT2D eigenvalue weighted by Gasteiger charge is -2.31. The maximum atomic E-state index is 14.9. The first-order chi connectivity index (χ1) is 32.1. The summed E-state index contributed by atoms with van der Waals surface area (Å²) >= 11 is 0. The highest BCUT2D eigenvalue weighted by molar-refractivity contribution is 8.77. The summed E-state index contributed by atoms with van der Waals surface area (Å²) in [4.78, 5) is 115. The Morgan fingerprint density at radius 1 is 0.612 bits per heavy atom. The molecule has 3 heterocycles. The molecule has 8 amide bonds. The van der Waals surface area contributed by atoms with Crippen LogP contribution in [0.4, 0.5) is 0 Å². The van der Waals surface area contributed by atoms with Crippen molar-refractivity contribution in [1.29, 1.82) is 0 Å². The Morgan fingerprint density at radius 2 is 1.06 bits per heavy atom. The number of hydrogen-bond donors (Lipinski definition) is 8. The average molecular weight is 957 g/mol. The van der Waals surface area contributed by atoms with Crippen LogP contribution in [0.5, 0.6) is 0 Å². The molecule has 8 N–H and O–H groups in total. The molecule has 67 heavy (non-hydrogen) atoms. The topological polar surface area (TPSA) is 239 Å². The second kappa shape index (κ2) is 23.2. The van der Waals surface area contributed by atoms with Gasteiger partial charge < -0.3 is 52.3 Å². The summed E-state index contributed by atoms with van der Waals surface area (Å²) in [6, 6.07) is 17.5. The Balaban J connectivity index is 1.37. The molecule has 0 radical (unpaired) electrons. The van der Waals surface area contributed by atoms with Crippen LogP contribution in [0.3, 0.4) is 0 Å². The molecule has 0 aliphatic carbocycles. The second-order valence-corrected chi connectivity index (χ2v) is 19.6. The van der Waals surface area contributed by atoms with Gasteiger partial charge in [0.1, 0.15) is 18.1 Å². The van der Waals surface area contributed by atoms with Gasteiger partial charge in [-0.1, -0.05) is 88.3 Å². The highest BCUT2D eigenvalue weighted by Gasteiger charge is 2.45. The van der Waals surface area contributed by atoms with Crippen LogP contribution >= 0.6 is 21.6 Å². The number of nitrogens with one attached hydrogen (secondary N) is 8. The number of carbonyl (C=O) groups is 8. The molecule has 6 bridgehead atoms. The zero-order valence-corrected chi connectivity index (χ0v) is 40.0. The number of nitrogens with zero attached hydrogens (tertiary/aromatic N) is 2. The molecule has 10 atom stereocenters. The molecular weight excluding hydrogens is 897 g/mol. The number of likely N-dealkylation sites (N-methyl/N-ethyl adjacent to an activating group) is 2. The van der Waals surface area contributed by atoms with Crippen LogP contribution in [0.25, 0.3) is 0 Å². The minimum atomic E-state index is -1.31. The van der Waals surface area contributed by atoms with E-state index in [1.165, 1.54) is 21.9 Å². The van der Waals surface area contributed by atoms with Crippen molar-refractivity contribution in [2.75, 3.05) is 32.9 Å². The van der Waals surface area contributed by atoms with E-state index in [1.807, 2.05) is 74.5 Å². The summed E-state index contributed by atoms with van der Waals surface area (Å²) in [6.07, 6.45) is 0.0855. The van der Waals surface area contributed by atoms with Crippen molar-refractivity contribution in [3.05, 3.63) is 107 Å². The van der Waals surface area contributed by atoms with Crippen LogP contribution in [0.15, 0.2) is 84.9 Å². The highest BCUT2D eigenvalue weighted by atomic mass is 33.1. The fraction of sp³-hybridized carbons (Fsp3) is 0.447. The molecule has 3 aromatic carbocycles. The zero-order chi connectivity index (χ0) is 48.4. The van der Waals surface area contributed by atoms with E-state index in [0.717, 1.165) is 32.7 Å². The van der Waals surface area contributed by atoms with Crippen molar-refractivity contribution in [3.8, 4) is 0 Å². The summed E-state index contributed by atoms with van der Waals surface area (Å²) in [5, 5.41) is 22.0. The molecule has 3 aromatic rings. The van der Waals surface area contributed by atoms with Gasteiger partial charge in [-0.05, 0) is 84.0 Å². The highest BCUT2D eigenvalue weighted by Crippen LogP contribution is 2.32. The van der Waals surface area contributed by atoms with Gasteiger partial charge in [0.25, 0.3) is 17.7 Å². The first-order valence-corrected chi connectivity index (χ1v) is 24.7. The van der Waals surface area contributed by atoms with Crippen molar-refractivity contribution < 1.29 is 38.4 Å². The van der Waals surface area contributed by atoms with Gasteiger partial charge in [-0.2, -0.15) is 0 Å². The molecule has 3 aliphatic rings. The summed E-state index contributed by atoms with van der Waals surface area (Å²) in [7, 11) is 5.16. The first kappa shape index (κ1) is 50.5. The van der Waals surface area contributed by atoms with Gasteiger partial charge in [0.05, 0.1) is 24.2 Å². The Bertz CT molecular complexity index is 2140. The molecule has 0 unspecified atom stereocenters. The number of amides is 8. The van der Waals surface area contributed by atoms with E-state index in [1.54, 1.807) is 40.1 Å². The van der Waals surface area contributed by atoms with E-state index in [0.29, 0.717) is 0 Å². The van der Waals surface area contributed by atoms with Gasteiger partial charge in [-0.3, -0.25) is 38.4 Å². The minimum absolute atomic E-state index is 0.0407. The fourth-order valence-electron chi connectivity index (χ4n) is 8.11. The molecule has 0 spiro atoms. The minimum Gasteiger partial charge on any atom is -0.348 e. The monoisotopic (exact) mass is 956 g/mol. The van der Waals surface area contributed by atoms with Crippen molar-refractivity contribution in [1.82, 2.24) is 52.3 Å². The molecule has 358 valence electrons. The lowest BCUT2D eigenvalue weighted by Crippen LogP contribution is -2.56. The Hall–Kier alpha value is -5.96. The van der Waals surface area contributed by atoms with Gasteiger partial charge in [0, 0.05) is 42.1 Å². The molecule has 3 aliphatic heterocycles. The molecule has 2 fully saturated rings. The summed E-state index contributed by atoms with van der Waals surface area (Å²) < 4.78 is 0. The number of carbonyl (C=O) groups excluding carboxylic acids is 8. The lowest BCUT2D eigenvalue weighted by atomic mass is 10.1. The Kier molecular flexibility index (Phi) is 17.4. The molecule has 0 aromatic heterocycles. The summed E-state index contributed by atoms with van der Waals surface area (Å²) in [5.41, 5.74) is 1.96. The normalized spacial score (nSPS) is 24.3. The van der Waals surface area contributed by atoms with E-state index >= 15 is 0 Å². The predicted octanol–water partition coefficient (Wildman–Crippen LogP) is 1.38. The first-order valence-electron chi connectivity index (χ1n) is 22.3. The smallest absolute Gasteiger partial charge is 0.257 e. The van der Waals surface area contributed by atoms with Crippen molar-refractivity contribution >= 4 is 68.8 Å². The van der Waals surface area contributed by atoms with Gasteiger partial charge in [-0.15, -0.1) is 0 Å². The number of fused-ring (bicyclic) bond motifs is 6. The summed E-state index contributed by atoms with van der Waals surface area (Å²) in [6.45, 7) is 6.70. The quantitative estimate of drug-likeness (QED) is 0.120. The van der Waals surface area contributed by atoms with Gasteiger partial charge >= 0.3 is 0 Å². The van der Waals surface area contributed by atoms with Crippen LogP contribution in [0, 0.1) is 0 Å².